The van der Waals surface area contributed by atoms with E-state index in [9.17, 15) is 4.79 Å². The van der Waals surface area contributed by atoms with E-state index in [2.05, 4.69) is 60.6 Å². The lowest BCUT2D eigenvalue weighted by Crippen LogP contribution is -2.38. The Bertz CT molecular complexity index is 991. The van der Waals surface area contributed by atoms with Gasteiger partial charge in [0.25, 0.3) is 0 Å². The summed E-state index contributed by atoms with van der Waals surface area (Å²) in [5.41, 5.74) is 1.94. The predicted molar refractivity (Wildman–Crippen MR) is 121 cm³/mol. The minimum Gasteiger partial charge on any atom is -0.444 e. The van der Waals surface area contributed by atoms with Crippen molar-refractivity contribution in [2.24, 2.45) is 5.92 Å². The van der Waals surface area contributed by atoms with Gasteiger partial charge in [0.2, 0.25) is 4.96 Å². The maximum atomic E-state index is 12.4. The number of ether oxygens (including phenoxy) is 1. The van der Waals surface area contributed by atoms with Crippen LogP contribution in [0.25, 0.3) is 4.96 Å². The first-order valence-electron chi connectivity index (χ1n) is 10.1. The van der Waals surface area contributed by atoms with Crippen molar-refractivity contribution in [3.8, 4) is 0 Å². The third-order valence-corrected chi connectivity index (χ3v) is 6.75. The summed E-state index contributed by atoms with van der Waals surface area (Å²) in [5, 5.41) is 16.3. The first kappa shape index (κ1) is 22.6. The van der Waals surface area contributed by atoms with Crippen molar-refractivity contribution in [3.05, 3.63) is 41.2 Å². The molecule has 0 aliphatic rings. The molecule has 0 bridgehead atoms. The summed E-state index contributed by atoms with van der Waals surface area (Å²) in [4.78, 5) is 13.1. The van der Waals surface area contributed by atoms with Crippen molar-refractivity contribution >= 4 is 34.2 Å². The number of rotatable bonds is 7. The van der Waals surface area contributed by atoms with Gasteiger partial charge < -0.3 is 10.1 Å². The zero-order chi connectivity index (χ0) is 21.9. The third-order valence-electron chi connectivity index (χ3n) is 4.64. The zero-order valence-corrected chi connectivity index (χ0v) is 19.9. The molecule has 1 aromatic carbocycles. The Hall–Kier alpha value is -2.13. The van der Waals surface area contributed by atoms with E-state index in [0.717, 1.165) is 21.5 Å². The van der Waals surface area contributed by atoms with Crippen LogP contribution in [0.15, 0.2) is 28.6 Å². The van der Waals surface area contributed by atoms with Crippen LogP contribution in [0.5, 0.6) is 0 Å². The van der Waals surface area contributed by atoms with Gasteiger partial charge in [-0.25, -0.2) is 4.79 Å². The molecule has 2 unspecified atom stereocenters. The summed E-state index contributed by atoms with van der Waals surface area (Å²) in [5.74, 6) is 1.61. The van der Waals surface area contributed by atoms with Crippen molar-refractivity contribution in [1.82, 2.24) is 25.1 Å². The van der Waals surface area contributed by atoms with Crippen LogP contribution in [0.1, 0.15) is 64.0 Å². The van der Waals surface area contributed by atoms with Gasteiger partial charge in [0.05, 0.1) is 6.04 Å². The molecule has 3 aromatic rings. The fourth-order valence-corrected chi connectivity index (χ4v) is 4.67. The molecule has 30 heavy (non-hydrogen) atoms. The second-order valence-electron chi connectivity index (χ2n) is 8.40. The highest BCUT2D eigenvalue weighted by Gasteiger charge is 2.29. The van der Waals surface area contributed by atoms with Crippen molar-refractivity contribution in [2.45, 2.75) is 69.7 Å². The van der Waals surface area contributed by atoms with Crippen LogP contribution >= 0.6 is 23.1 Å². The fourth-order valence-electron chi connectivity index (χ4n) is 2.83. The molecule has 0 fully saturated rings. The zero-order valence-electron chi connectivity index (χ0n) is 18.3. The first-order valence-corrected chi connectivity index (χ1v) is 11.9. The molecule has 0 aliphatic heterocycles. The van der Waals surface area contributed by atoms with Gasteiger partial charge in [-0.3, -0.25) is 0 Å². The molecule has 1 N–H and O–H groups in total. The molecular formula is C21H29N5O2S2. The summed E-state index contributed by atoms with van der Waals surface area (Å²) in [6.45, 7) is 11.8. The highest BCUT2D eigenvalue weighted by Crippen LogP contribution is 2.30. The topological polar surface area (TPSA) is 81.4 Å². The standard InChI is InChI=1S/C21H29N5O2S2/c1-7-14(3)16(22-19(27)28-21(4,5)6)17-23-24-18-26(17)25-20(30-18)29-12-15-10-8-13(2)9-11-15/h8-11,14,16H,7,12H2,1-6H3,(H,22,27). The SMILES string of the molecule is CCC(C)C(NC(=O)OC(C)(C)C)c1nnc2sc(SCc3ccc(C)cc3)nn12. The van der Waals surface area contributed by atoms with Crippen LogP contribution < -0.4 is 5.32 Å². The minimum atomic E-state index is -0.565. The van der Waals surface area contributed by atoms with Crippen LogP contribution in [-0.2, 0) is 10.5 Å². The number of nitrogens with zero attached hydrogens (tertiary/aromatic N) is 4. The van der Waals surface area contributed by atoms with E-state index < -0.39 is 11.7 Å². The molecule has 2 atom stereocenters. The van der Waals surface area contributed by atoms with Gasteiger partial charge in [-0.1, -0.05) is 73.2 Å². The molecule has 0 saturated carbocycles. The van der Waals surface area contributed by atoms with Gasteiger partial charge in [-0.05, 0) is 39.2 Å². The lowest BCUT2D eigenvalue weighted by molar-refractivity contribution is 0.0482. The summed E-state index contributed by atoms with van der Waals surface area (Å²) in [7, 11) is 0. The van der Waals surface area contributed by atoms with Crippen molar-refractivity contribution < 1.29 is 9.53 Å². The quantitative estimate of drug-likeness (QED) is 0.489. The summed E-state index contributed by atoms with van der Waals surface area (Å²) in [6, 6.07) is 8.17. The average molecular weight is 448 g/mol. The molecule has 3 rings (SSSR count). The van der Waals surface area contributed by atoms with Crippen molar-refractivity contribution in [1.29, 1.82) is 0 Å². The number of fused-ring (bicyclic) bond motifs is 1. The number of aryl methyl sites for hydroxylation is 1. The van der Waals surface area contributed by atoms with Crippen molar-refractivity contribution in [3.63, 3.8) is 0 Å². The lowest BCUT2D eigenvalue weighted by Gasteiger charge is -2.25. The molecule has 0 radical (unpaired) electrons. The first-order chi connectivity index (χ1) is 14.2. The molecule has 1 amide bonds. The molecule has 9 heteroatoms. The lowest BCUT2D eigenvalue weighted by atomic mass is 9.99. The Morgan fingerprint density at radius 3 is 2.60 bits per heavy atom. The number of carbonyl (C=O) groups is 1. The molecule has 162 valence electrons. The van der Waals surface area contributed by atoms with E-state index in [1.807, 2.05) is 20.8 Å². The van der Waals surface area contributed by atoms with Gasteiger partial charge in [-0.15, -0.1) is 15.3 Å². The smallest absolute Gasteiger partial charge is 0.408 e. The molecule has 0 saturated heterocycles. The average Bonchev–Trinajstić information content (AvgIpc) is 3.24. The van der Waals surface area contributed by atoms with Crippen LogP contribution in [0.4, 0.5) is 4.79 Å². The van der Waals surface area contributed by atoms with Gasteiger partial charge in [0.1, 0.15) is 5.60 Å². The number of benzene rings is 1. The Labute approximate surface area is 185 Å². The summed E-state index contributed by atoms with van der Waals surface area (Å²) >= 11 is 3.18. The number of nitrogens with one attached hydrogen (secondary N) is 1. The molecule has 0 spiro atoms. The Morgan fingerprint density at radius 2 is 1.97 bits per heavy atom. The number of aromatic nitrogens is 4. The number of hydrogen-bond donors (Lipinski definition) is 1. The van der Waals surface area contributed by atoms with Crippen LogP contribution in [0, 0.1) is 12.8 Å². The van der Waals surface area contributed by atoms with Gasteiger partial charge in [0.15, 0.2) is 10.2 Å². The van der Waals surface area contributed by atoms with Gasteiger partial charge in [0, 0.05) is 5.75 Å². The maximum Gasteiger partial charge on any atom is 0.408 e. The molecule has 7 nitrogen and oxygen atoms in total. The monoisotopic (exact) mass is 447 g/mol. The van der Waals surface area contributed by atoms with E-state index in [1.54, 1.807) is 16.3 Å². The van der Waals surface area contributed by atoms with Gasteiger partial charge in [-0.2, -0.15) is 4.52 Å². The Morgan fingerprint density at radius 1 is 1.27 bits per heavy atom. The molecule has 2 aromatic heterocycles. The predicted octanol–water partition coefficient (Wildman–Crippen LogP) is 5.40. The van der Waals surface area contributed by atoms with E-state index in [1.165, 1.54) is 22.5 Å². The van der Waals surface area contributed by atoms with E-state index >= 15 is 0 Å². The van der Waals surface area contributed by atoms with Crippen LogP contribution in [-0.4, -0.2) is 31.5 Å². The maximum absolute atomic E-state index is 12.4. The van der Waals surface area contributed by atoms with Crippen molar-refractivity contribution in [2.75, 3.05) is 0 Å². The molecule has 0 aliphatic carbocycles. The fraction of sp³-hybridized carbons (Fsp3) is 0.524. The number of hydrogen-bond acceptors (Lipinski definition) is 7. The largest absolute Gasteiger partial charge is 0.444 e. The second-order valence-corrected chi connectivity index (χ2v) is 10.6. The molecular weight excluding hydrogens is 418 g/mol. The normalized spacial score (nSPS) is 13.9. The number of carbonyl (C=O) groups excluding carboxylic acids is 1. The van der Waals surface area contributed by atoms with E-state index in [0.29, 0.717) is 5.82 Å². The second kappa shape index (κ2) is 9.34. The summed E-state index contributed by atoms with van der Waals surface area (Å²) < 4.78 is 8.11. The van der Waals surface area contributed by atoms with E-state index in [-0.39, 0.29) is 12.0 Å². The van der Waals surface area contributed by atoms with Crippen LogP contribution in [0.3, 0.4) is 0 Å². The summed E-state index contributed by atoms with van der Waals surface area (Å²) in [6.07, 6.45) is 0.405. The minimum absolute atomic E-state index is 0.148. The molecule has 2 heterocycles. The highest BCUT2D eigenvalue weighted by atomic mass is 32.2. The highest BCUT2D eigenvalue weighted by molar-refractivity contribution is 8.00. The van der Waals surface area contributed by atoms with E-state index in [4.69, 9.17) is 9.84 Å². The van der Waals surface area contributed by atoms with Gasteiger partial charge >= 0.3 is 6.09 Å². The van der Waals surface area contributed by atoms with Crippen LogP contribution in [0.2, 0.25) is 0 Å². The number of alkyl carbamates (subject to hydrolysis) is 1. The third kappa shape index (κ3) is 5.72. The Kier molecular flexibility index (Phi) is 7.02. The Balaban J connectivity index is 1.78. The number of thioether (sulfide) groups is 1. The number of amides is 1.